The molecule has 43 heavy (non-hydrogen) atoms. The molecule has 2 amide bonds. The molecule has 0 aliphatic carbocycles. The van der Waals surface area contributed by atoms with Crippen molar-refractivity contribution in [1.29, 1.82) is 0 Å². The zero-order valence-electron chi connectivity index (χ0n) is 24.8. The van der Waals surface area contributed by atoms with Gasteiger partial charge >= 0.3 is 0 Å². The number of unbranched alkanes of at least 4 members (excludes halogenated alkanes) is 1. The lowest BCUT2D eigenvalue weighted by molar-refractivity contribution is -0.135. The number of halogens is 1. The van der Waals surface area contributed by atoms with Gasteiger partial charge in [-0.25, -0.2) is 0 Å². The van der Waals surface area contributed by atoms with Crippen molar-refractivity contribution in [3.8, 4) is 0 Å². The number of nitrogens with one attached hydrogen (secondary N) is 1. The summed E-state index contributed by atoms with van der Waals surface area (Å²) in [6, 6.07) is 32.5. The van der Waals surface area contributed by atoms with Crippen molar-refractivity contribution in [2.45, 2.75) is 43.7 Å². The summed E-state index contributed by atoms with van der Waals surface area (Å²) in [5, 5.41) is 5.28. The quantitative estimate of drug-likeness (QED) is 0.192. The zero-order chi connectivity index (χ0) is 30.2. The van der Waals surface area contributed by atoms with E-state index < -0.39 is 0 Å². The lowest BCUT2D eigenvalue weighted by Gasteiger charge is -2.33. The fraction of sp³-hybridized carbons (Fsp3) is 0.333. The third-order valence-corrected chi connectivity index (χ3v) is 9.19. The first-order chi connectivity index (χ1) is 20.9. The summed E-state index contributed by atoms with van der Waals surface area (Å²) >= 11 is 3.51. The van der Waals surface area contributed by atoms with Crippen molar-refractivity contribution < 1.29 is 9.59 Å². The molecule has 4 aromatic carbocycles. The summed E-state index contributed by atoms with van der Waals surface area (Å²) in [6.07, 6.45) is 3.29. The topological polar surface area (TPSA) is 78.7 Å². The first-order valence-electron chi connectivity index (χ1n) is 15.2. The summed E-state index contributed by atoms with van der Waals surface area (Å²) in [7, 11) is 2.03. The molecule has 3 N–H and O–H groups in total. The third kappa shape index (κ3) is 7.71. The van der Waals surface area contributed by atoms with Gasteiger partial charge in [0.15, 0.2) is 0 Å². The van der Waals surface area contributed by atoms with Crippen molar-refractivity contribution in [2.24, 2.45) is 5.73 Å². The van der Waals surface area contributed by atoms with E-state index in [1.807, 2.05) is 55.6 Å². The van der Waals surface area contributed by atoms with Crippen LogP contribution in [-0.2, 0) is 4.79 Å². The van der Waals surface area contributed by atoms with Gasteiger partial charge in [-0.1, -0.05) is 95.1 Å². The highest BCUT2D eigenvalue weighted by Crippen LogP contribution is 2.29. The first-order valence-corrected chi connectivity index (χ1v) is 16.0. The molecule has 7 heteroatoms. The van der Waals surface area contributed by atoms with E-state index >= 15 is 0 Å². The lowest BCUT2D eigenvalue weighted by Crippen LogP contribution is -2.50. The number of hydrogen-bond donors (Lipinski definition) is 2. The predicted molar refractivity (Wildman–Crippen MR) is 178 cm³/mol. The van der Waals surface area contributed by atoms with Crippen LogP contribution in [0.2, 0.25) is 0 Å². The second-order valence-corrected chi connectivity index (χ2v) is 12.4. The van der Waals surface area contributed by atoms with Crippen LogP contribution in [0.15, 0.2) is 102 Å². The van der Waals surface area contributed by atoms with E-state index in [0.717, 1.165) is 40.9 Å². The number of rotatable bonds is 11. The first kappa shape index (κ1) is 30.9. The molecule has 1 fully saturated rings. The van der Waals surface area contributed by atoms with Crippen molar-refractivity contribution in [3.05, 3.63) is 118 Å². The van der Waals surface area contributed by atoms with Gasteiger partial charge in [0.05, 0.1) is 6.04 Å². The highest BCUT2D eigenvalue weighted by molar-refractivity contribution is 9.10. The number of nitrogens with zero attached hydrogens (tertiary/aromatic N) is 2. The Hall–Kier alpha value is -3.52. The molecule has 5 rings (SSSR count). The van der Waals surface area contributed by atoms with Crippen LogP contribution in [-0.4, -0.2) is 66.9 Å². The van der Waals surface area contributed by atoms with Crippen molar-refractivity contribution in [1.82, 2.24) is 15.1 Å². The number of carbonyl (C=O) groups is 2. The van der Waals surface area contributed by atoms with E-state index in [-0.39, 0.29) is 29.8 Å². The molecule has 0 spiro atoms. The molecular formula is C36H41BrN4O2. The number of nitrogens with two attached hydrogens (primary N) is 1. The summed E-state index contributed by atoms with van der Waals surface area (Å²) in [5.74, 6) is 0.135. The average Bonchev–Trinajstić information content (AvgIpc) is 3.14. The Bertz CT molecular complexity index is 1470. The molecule has 2 atom stereocenters. The van der Waals surface area contributed by atoms with Crippen LogP contribution in [0.3, 0.4) is 0 Å². The molecule has 6 nitrogen and oxygen atoms in total. The summed E-state index contributed by atoms with van der Waals surface area (Å²) < 4.78 is 1.01. The van der Waals surface area contributed by atoms with Gasteiger partial charge in [-0.05, 0) is 79.0 Å². The van der Waals surface area contributed by atoms with Gasteiger partial charge in [-0.15, -0.1) is 0 Å². The third-order valence-electron chi connectivity index (χ3n) is 8.70. The molecule has 4 aromatic rings. The van der Waals surface area contributed by atoms with Crippen molar-refractivity contribution in [3.63, 3.8) is 0 Å². The van der Waals surface area contributed by atoms with E-state index in [1.165, 1.54) is 11.1 Å². The Morgan fingerprint density at radius 3 is 2.26 bits per heavy atom. The maximum absolute atomic E-state index is 14.2. The summed E-state index contributed by atoms with van der Waals surface area (Å²) in [5.41, 5.74) is 8.85. The number of likely N-dealkylation sites (N-methyl/N-ethyl adjacent to an activating group) is 1. The van der Waals surface area contributed by atoms with Crippen LogP contribution < -0.4 is 11.1 Å². The van der Waals surface area contributed by atoms with E-state index in [2.05, 4.69) is 79.6 Å². The van der Waals surface area contributed by atoms with Gasteiger partial charge in [-0.2, -0.15) is 0 Å². The molecule has 1 aliphatic rings. The van der Waals surface area contributed by atoms with Gasteiger partial charge in [-0.3, -0.25) is 14.5 Å². The molecule has 1 unspecified atom stereocenters. The second kappa shape index (κ2) is 14.8. The van der Waals surface area contributed by atoms with Crippen LogP contribution in [0.5, 0.6) is 0 Å². The van der Waals surface area contributed by atoms with Crippen molar-refractivity contribution >= 4 is 38.5 Å². The average molecular weight is 642 g/mol. The lowest BCUT2D eigenvalue weighted by atomic mass is 9.90. The highest BCUT2D eigenvalue weighted by Gasteiger charge is 2.36. The monoisotopic (exact) mass is 640 g/mol. The number of hydrogen-bond acceptors (Lipinski definition) is 4. The highest BCUT2D eigenvalue weighted by atomic mass is 79.9. The number of amides is 2. The second-order valence-electron chi connectivity index (χ2n) is 11.5. The minimum absolute atomic E-state index is 0.0316. The van der Waals surface area contributed by atoms with Gasteiger partial charge in [0.2, 0.25) is 5.91 Å². The van der Waals surface area contributed by atoms with Crippen LogP contribution in [0.4, 0.5) is 0 Å². The molecule has 0 radical (unpaired) electrons. The van der Waals surface area contributed by atoms with Crippen LogP contribution in [0.1, 0.15) is 53.1 Å². The van der Waals surface area contributed by atoms with Crippen LogP contribution in [0, 0.1) is 0 Å². The van der Waals surface area contributed by atoms with Crippen molar-refractivity contribution in [2.75, 3.05) is 33.2 Å². The maximum atomic E-state index is 14.2. The fourth-order valence-electron chi connectivity index (χ4n) is 6.16. The molecule has 1 saturated heterocycles. The van der Waals surface area contributed by atoms with E-state index in [9.17, 15) is 9.59 Å². The smallest absolute Gasteiger partial charge is 0.251 e. The maximum Gasteiger partial charge on any atom is 0.251 e. The Morgan fingerprint density at radius 1 is 0.930 bits per heavy atom. The predicted octanol–water partition coefficient (Wildman–Crippen LogP) is 6.19. The molecule has 0 aromatic heterocycles. The Labute approximate surface area is 263 Å². The van der Waals surface area contributed by atoms with Gasteiger partial charge in [0.25, 0.3) is 5.91 Å². The van der Waals surface area contributed by atoms with Gasteiger partial charge < -0.3 is 16.0 Å². The minimum atomic E-state index is -0.262. The number of carbonyl (C=O) groups excluding carboxylic acids is 2. The molecule has 0 saturated carbocycles. The normalized spacial score (nSPS) is 17.8. The molecule has 224 valence electrons. The van der Waals surface area contributed by atoms with Gasteiger partial charge in [0, 0.05) is 41.6 Å². The molecular weight excluding hydrogens is 600 g/mol. The summed E-state index contributed by atoms with van der Waals surface area (Å²) in [4.78, 5) is 31.6. The van der Waals surface area contributed by atoms with E-state index in [4.69, 9.17) is 5.73 Å². The van der Waals surface area contributed by atoms with E-state index in [0.29, 0.717) is 31.7 Å². The Kier molecular flexibility index (Phi) is 10.6. The molecule has 0 bridgehead atoms. The number of benzene rings is 4. The fourth-order valence-corrected chi connectivity index (χ4v) is 6.54. The summed E-state index contributed by atoms with van der Waals surface area (Å²) in [6.45, 7) is 2.34. The minimum Gasteiger partial charge on any atom is -0.350 e. The zero-order valence-corrected chi connectivity index (χ0v) is 26.4. The largest absolute Gasteiger partial charge is 0.350 e. The Morgan fingerprint density at radius 2 is 1.58 bits per heavy atom. The SMILES string of the molecule is CN1C(CNC(=O)c2ccc3cc(Br)ccc3c2)CCN(CC(c2ccccc2)c2ccccc2)C(=O)[C@@H]1CCCCN. The van der Waals surface area contributed by atoms with Crippen LogP contribution in [0.25, 0.3) is 10.8 Å². The molecule has 1 aliphatic heterocycles. The van der Waals surface area contributed by atoms with E-state index in [1.54, 1.807) is 0 Å². The Balaban J connectivity index is 1.33. The molecule has 1 heterocycles. The van der Waals surface area contributed by atoms with Crippen LogP contribution >= 0.6 is 15.9 Å². The standard InChI is InChI=1S/C36H41BrN4O2/c1-40-32(24-39-35(42)30-16-15-29-23-31(37)18-17-28(29)22-30)19-21-41(36(43)34(40)14-8-9-20-38)25-33(26-10-4-2-5-11-26)27-12-6-3-7-13-27/h2-7,10-13,15-18,22-23,32-34H,8-9,14,19-21,24-25,38H2,1H3,(H,39,42)/t32?,34-/m0/s1. The van der Waals surface area contributed by atoms with Gasteiger partial charge in [0.1, 0.15) is 0 Å². The number of fused-ring (bicyclic) bond motifs is 1.